The molecule has 1 N–H and O–H groups in total. The average Bonchev–Trinajstić information content (AvgIpc) is 2.06. The predicted octanol–water partition coefficient (Wildman–Crippen LogP) is 3.00. The summed E-state index contributed by atoms with van der Waals surface area (Å²) < 4.78 is 1.11. The van der Waals surface area contributed by atoms with Crippen LogP contribution in [0.2, 0.25) is 0 Å². The summed E-state index contributed by atoms with van der Waals surface area (Å²) in [6.07, 6.45) is 5.90. The van der Waals surface area contributed by atoms with Crippen molar-refractivity contribution >= 4 is 0 Å². The molecule has 0 aliphatic carbocycles. The number of hydrogen-bond donors (Lipinski definition) is 0. The van der Waals surface area contributed by atoms with Crippen LogP contribution < -0.4 is 0 Å². The lowest BCUT2D eigenvalue weighted by atomic mass is 10.2. The van der Waals surface area contributed by atoms with Gasteiger partial charge in [-0.1, -0.05) is 20.8 Å². The maximum atomic E-state index is 3.96. The van der Waals surface area contributed by atoms with Crippen molar-refractivity contribution < 1.29 is 9.96 Å². The first-order chi connectivity index (χ1) is 5.74. The van der Waals surface area contributed by atoms with Gasteiger partial charge in [-0.3, -0.25) is 4.48 Å². The summed E-state index contributed by atoms with van der Waals surface area (Å²) in [5.41, 5.74) is 0. The molecule has 0 heterocycles. The van der Waals surface area contributed by atoms with Gasteiger partial charge in [-0.15, -0.1) is 0 Å². The van der Waals surface area contributed by atoms with E-state index >= 15 is 0 Å². The summed E-state index contributed by atoms with van der Waals surface area (Å²) in [5, 5.41) is 0. The van der Waals surface area contributed by atoms with Crippen molar-refractivity contribution in [3.05, 3.63) is 12.8 Å². The van der Waals surface area contributed by atoms with Crippen LogP contribution in [-0.4, -0.2) is 29.6 Å². The van der Waals surface area contributed by atoms with Crippen molar-refractivity contribution in [2.45, 2.75) is 40.0 Å². The van der Waals surface area contributed by atoms with Crippen LogP contribution >= 0.6 is 0 Å². The highest BCUT2D eigenvalue weighted by atomic mass is 16.0. The molecular formula is C11H25NO. The maximum absolute atomic E-state index is 3.96. The fourth-order valence-corrected chi connectivity index (χ4v) is 1.95. The van der Waals surface area contributed by atoms with E-state index in [2.05, 4.69) is 33.6 Å². The first-order valence-corrected chi connectivity index (χ1v) is 5.24. The largest absolute Gasteiger partial charge is 0.870 e. The summed E-state index contributed by atoms with van der Waals surface area (Å²) in [7, 11) is 0. The second-order valence-corrected chi connectivity index (χ2v) is 3.57. The van der Waals surface area contributed by atoms with Gasteiger partial charge in [-0.05, 0) is 25.8 Å². The van der Waals surface area contributed by atoms with Gasteiger partial charge in [0.15, 0.2) is 0 Å². The van der Waals surface area contributed by atoms with Crippen LogP contribution in [0.15, 0.2) is 12.8 Å². The quantitative estimate of drug-likeness (QED) is 0.563. The summed E-state index contributed by atoms with van der Waals surface area (Å²) in [6.45, 7) is 14.5. The van der Waals surface area contributed by atoms with Crippen molar-refractivity contribution in [2.24, 2.45) is 0 Å². The Kier molecular flexibility index (Phi) is 9.63. The molecule has 0 unspecified atom stereocenters. The Morgan fingerprint density at radius 3 is 1.38 bits per heavy atom. The predicted molar refractivity (Wildman–Crippen MR) is 57.9 cm³/mol. The number of quaternary nitrogens is 1. The van der Waals surface area contributed by atoms with Crippen LogP contribution in [0.1, 0.15) is 40.0 Å². The van der Waals surface area contributed by atoms with Crippen molar-refractivity contribution in [1.82, 2.24) is 0 Å². The van der Waals surface area contributed by atoms with Gasteiger partial charge >= 0.3 is 0 Å². The van der Waals surface area contributed by atoms with E-state index in [9.17, 15) is 0 Å². The SMILES string of the molecule is C=C[N+](CCC)(CCC)CCC.[OH-]. The molecule has 0 aliphatic heterocycles. The lowest BCUT2D eigenvalue weighted by Crippen LogP contribution is -2.44. The molecule has 0 aromatic rings. The number of rotatable bonds is 7. The third-order valence-electron chi connectivity index (χ3n) is 2.39. The highest BCUT2D eigenvalue weighted by Gasteiger charge is 2.19. The number of nitrogens with zero attached hydrogens (tertiary/aromatic N) is 1. The third-order valence-corrected chi connectivity index (χ3v) is 2.39. The van der Waals surface area contributed by atoms with E-state index in [-0.39, 0.29) is 5.48 Å². The topological polar surface area (TPSA) is 30.0 Å². The van der Waals surface area contributed by atoms with E-state index in [0.29, 0.717) is 0 Å². The molecule has 0 aliphatic rings. The zero-order valence-corrected chi connectivity index (χ0v) is 9.42. The first kappa shape index (κ1) is 15.1. The second-order valence-electron chi connectivity index (χ2n) is 3.57. The average molecular weight is 187 g/mol. The minimum atomic E-state index is 0. The van der Waals surface area contributed by atoms with E-state index in [4.69, 9.17) is 0 Å². The van der Waals surface area contributed by atoms with E-state index in [1.54, 1.807) is 0 Å². The van der Waals surface area contributed by atoms with Crippen LogP contribution in [0.3, 0.4) is 0 Å². The molecule has 0 saturated heterocycles. The monoisotopic (exact) mass is 187 g/mol. The molecule has 2 nitrogen and oxygen atoms in total. The Balaban J connectivity index is 0. The molecule has 0 atom stereocenters. The van der Waals surface area contributed by atoms with E-state index in [1.807, 2.05) is 0 Å². The molecule has 0 fully saturated rings. The van der Waals surface area contributed by atoms with Crippen LogP contribution in [0.25, 0.3) is 0 Å². The molecule has 2 heteroatoms. The standard InChI is InChI=1S/C11H24N.H2O/c1-5-9-12(8-4,10-6-2)11-7-3;/h8H,4-7,9-11H2,1-3H3;1H2/q+1;/p-1. The fourth-order valence-electron chi connectivity index (χ4n) is 1.95. The van der Waals surface area contributed by atoms with Crippen LogP contribution in [0.4, 0.5) is 0 Å². The minimum absolute atomic E-state index is 0. The Hall–Kier alpha value is -0.340. The fraction of sp³-hybridized carbons (Fsp3) is 0.818. The third kappa shape index (κ3) is 5.06. The normalized spacial score (nSPS) is 10.7. The van der Waals surface area contributed by atoms with Gasteiger partial charge in [-0.2, -0.15) is 0 Å². The van der Waals surface area contributed by atoms with E-state index in [0.717, 1.165) is 4.48 Å². The van der Waals surface area contributed by atoms with E-state index < -0.39 is 0 Å². The van der Waals surface area contributed by atoms with Crippen LogP contribution in [0, 0.1) is 0 Å². The summed E-state index contributed by atoms with van der Waals surface area (Å²) >= 11 is 0. The molecule has 0 radical (unpaired) electrons. The Bertz CT molecular complexity index is 106. The van der Waals surface area contributed by atoms with Crippen molar-refractivity contribution in [1.29, 1.82) is 0 Å². The highest BCUT2D eigenvalue weighted by molar-refractivity contribution is 4.57. The van der Waals surface area contributed by atoms with Crippen LogP contribution in [-0.2, 0) is 0 Å². The molecule has 0 aromatic carbocycles. The lowest BCUT2D eigenvalue weighted by Gasteiger charge is -2.34. The molecule has 0 bridgehead atoms. The van der Waals surface area contributed by atoms with E-state index in [1.165, 1.54) is 38.9 Å². The molecule has 0 rings (SSSR count). The van der Waals surface area contributed by atoms with Crippen molar-refractivity contribution in [2.75, 3.05) is 19.6 Å². The Morgan fingerprint density at radius 1 is 0.923 bits per heavy atom. The second kappa shape index (κ2) is 8.27. The zero-order valence-electron chi connectivity index (χ0n) is 9.42. The molecule has 13 heavy (non-hydrogen) atoms. The molecule has 0 aromatic heterocycles. The molecular weight excluding hydrogens is 162 g/mol. The van der Waals surface area contributed by atoms with Crippen molar-refractivity contribution in [3.8, 4) is 0 Å². The molecule has 80 valence electrons. The van der Waals surface area contributed by atoms with Gasteiger partial charge in [0.05, 0.1) is 25.8 Å². The van der Waals surface area contributed by atoms with Crippen LogP contribution in [0.5, 0.6) is 0 Å². The maximum Gasteiger partial charge on any atom is 0.0885 e. The van der Waals surface area contributed by atoms with Gasteiger partial charge in [0.25, 0.3) is 0 Å². The first-order valence-electron chi connectivity index (χ1n) is 5.24. The molecule has 0 saturated carbocycles. The Morgan fingerprint density at radius 2 is 1.23 bits per heavy atom. The Labute approximate surface area is 83.1 Å². The number of hydrogen-bond acceptors (Lipinski definition) is 1. The van der Waals surface area contributed by atoms with Gasteiger partial charge < -0.3 is 5.48 Å². The van der Waals surface area contributed by atoms with Gasteiger partial charge in [-0.25, -0.2) is 0 Å². The lowest BCUT2D eigenvalue weighted by molar-refractivity contribution is -0.879. The van der Waals surface area contributed by atoms with Gasteiger partial charge in [0, 0.05) is 0 Å². The van der Waals surface area contributed by atoms with Crippen molar-refractivity contribution in [3.63, 3.8) is 0 Å². The molecule has 0 amide bonds. The summed E-state index contributed by atoms with van der Waals surface area (Å²) in [5.74, 6) is 0. The summed E-state index contributed by atoms with van der Waals surface area (Å²) in [6, 6.07) is 0. The summed E-state index contributed by atoms with van der Waals surface area (Å²) in [4.78, 5) is 0. The molecule has 0 spiro atoms. The van der Waals surface area contributed by atoms with Gasteiger partial charge in [0.1, 0.15) is 0 Å². The zero-order chi connectivity index (χ0) is 9.45. The minimum Gasteiger partial charge on any atom is -0.870 e. The smallest absolute Gasteiger partial charge is 0.0885 e. The van der Waals surface area contributed by atoms with Gasteiger partial charge in [0.2, 0.25) is 0 Å². The highest BCUT2D eigenvalue weighted by Crippen LogP contribution is 2.11.